The van der Waals surface area contributed by atoms with E-state index in [0.717, 1.165) is 63.1 Å². The molecule has 1 fully saturated rings. The fourth-order valence-corrected chi connectivity index (χ4v) is 3.94. The van der Waals surface area contributed by atoms with Crippen LogP contribution < -0.4 is 14.8 Å². The standard InChI is InChI=1S/C27H45NO3/c1-5-6-7-12-17-27(2,3)22-19-24(30-4)21-25(20-22)31-18-13-10-8-9-11-14-26(29)28-23-15-16-23/h19-21,23H,5-18H2,1-4H3,(H,28,29). The molecule has 0 bridgehead atoms. The van der Waals surface area contributed by atoms with Crippen molar-refractivity contribution in [3.8, 4) is 11.5 Å². The van der Waals surface area contributed by atoms with Crippen LogP contribution in [0.2, 0.25) is 0 Å². The zero-order valence-electron chi connectivity index (χ0n) is 20.4. The Balaban J connectivity index is 1.68. The average molecular weight is 432 g/mol. The Hall–Kier alpha value is -1.71. The third-order valence-corrected chi connectivity index (χ3v) is 6.31. The van der Waals surface area contributed by atoms with E-state index in [4.69, 9.17) is 9.47 Å². The first-order valence-electron chi connectivity index (χ1n) is 12.6. The van der Waals surface area contributed by atoms with Gasteiger partial charge in [-0.25, -0.2) is 0 Å². The summed E-state index contributed by atoms with van der Waals surface area (Å²) in [6, 6.07) is 6.83. The van der Waals surface area contributed by atoms with E-state index in [1.54, 1.807) is 7.11 Å². The Kier molecular flexibility index (Phi) is 11.2. The molecule has 0 atom stereocenters. The number of carbonyl (C=O) groups excluding carboxylic acids is 1. The number of nitrogens with one attached hydrogen (secondary N) is 1. The van der Waals surface area contributed by atoms with Crippen molar-refractivity contribution in [1.82, 2.24) is 5.32 Å². The minimum atomic E-state index is 0.117. The molecule has 1 aliphatic carbocycles. The molecule has 1 amide bonds. The zero-order valence-corrected chi connectivity index (χ0v) is 20.4. The van der Waals surface area contributed by atoms with Gasteiger partial charge in [-0.2, -0.15) is 0 Å². The maximum Gasteiger partial charge on any atom is 0.220 e. The van der Waals surface area contributed by atoms with E-state index in [1.165, 1.54) is 37.7 Å². The Morgan fingerprint density at radius 1 is 0.968 bits per heavy atom. The van der Waals surface area contributed by atoms with Gasteiger partial charge in [0.1, 0.15) is 11.5 Å². The normalized spacial score (nSPS) is 13.8. The van der Waals surface area contributed by atoms with E-state index in [-0.39, 0.29) is 11.3 Å². The van der Waals surface area contributed by atoms with Crippen molar-refractivity contribution in [1.29, 1.82) is 0 Å². The first kappa shape index (κ1) is 25.5. The van der Waals surface area contributed by atoms with Crippen molar-refractivity contribution in [2.45, 2.75) is 116 Å². The molecule has 1 aromatic carbocycles. The first-order valence-corrected chi connectivity index (χ1v) is 12.6. The monoisotopic (exact) mass is 431 g/mol. The Labute approximate surface area is 190 Å². The van der Waals surface area contributed by atoms with Gasteiger partial charge in [-0.15, -0.1) is 0 Å². The maximum atomic E-state index is 11.7. The lowest BCUT2D eigenvalue weighted by molar-refractivity contribution is -0.121. The number of benzene rings is 1. The van der Waals surface area contributed by atoms with Crippen molar-refractivity contribution in [3.05, 3.63) is 23.8 Å². The molecular weight excluding hydrogens is 386 g/mol. The Morgan fingerprint density at radius 2 is 1.65 bits per heavy atom. The lowest BCUT2D eigenvalue weighted by atomic mass is 9.80. The summed E-state index contributed by atoms with van der Waals surface area (Å²) >= 11 is 0. The quantitative estimate of drug-likeness (QED) is 0.272. The van der Waals surface area contributed by atoms with Gasteiger partial charge in [0.2, 0.25) is 5.91 Å². The molecule has 1 N–H and O–H groups in total. The highest BCUT2D eigenvalue weighted by atomic mass is 16.5. The van der Waals surface area contributed by atoms with Gasteiger partial charge in [0.25, 0.3) is 0 Å². The molecule has 1 aliphatic rings. The molecule has 0 aliphatic heterocycles. The molecule has 0 radical (unpaired) electrons. The second-order valence-electron chi connectivity index (χ2n) is 9.80. The maximum absolute atomic E-state index is 11.7. The predicted octanol–water partition coefficient (Wildman–Crippen LogP) is 6.94. The van der Waals surface area contributed by atoms with E-state index >= 15 is 0 Å². The van der Waals surface area contributed by atoms with Crippen LogP contribution in [0.5, 0.6) is 11.5 Å². The van der Waals surface area contributed by atoms with Crippen LogP contribution in [0.4, 0.5) is 0 Å². The second kappa shape index (κ2) is 13.6. The van der Waals surface area contributed by atoms with Crippen LogP contribution >= 0.6 is 0 Å². The van der Waals surface area contributed by atoms with E-state index in [1.807, 2.05) is 6.07 Å². The summed E-state index contributed by atoms with van der Waals surface area (Å²) in [5.41, 5.74) is 1.41. The first-order chi connectivity index (χ1) is 14.9. The molecule has 1 aromatic rings. The van der Waals surface area contributed by atoms with Gasteiger partial charge in [-0.05, 0) is 55.2 Å². The smallest absolute Gasteiger partial charge is 0.220 e. The van der Waals surface area contributed by atoms with Crippen molar-refractivity contribution in [3.63, 3.8) is 0 Å². The predicted molar refractivity (Wildman–Crippen MR) is 129 cm³/mol. The largest absolute Gasteiger partial charge is 0.497 e. The van der Waals surface area contributed by atoms with E-state index < -0.39 is 0 Å². The fourth-order valence-electron chi connectivity index (χ4n) is 3.94. The van der Waals surface area contributed by atoms with Gasteiger partial charge in [0, 0.05) is 18.5 Å². The third kappa shape index (κ3) is 10.4. The van der Waals surface area contributed by atoms with Gasteiger partial charge in [0.15, 0.2) is 0 Å². The van der Waals surface area contributed by atoms with Crippen molar-refractivity contribution in [2.24, 2.45) is 0 Å². The van der Waals surface area contributed by atoms with Crippen LogP contribution in [0.25, 0.3) is 0 Å². The number of unbranched alkanes of at least 4 members (excludes halogenated alkanes) is 7. The van der Waals surface area contributed by atoms with Gasteiger partial charge < -0.3 is 14.8 Å². The SMILES string of the molecule is CCCCCCC(C)(C)c1cc(OC)cc(OCCCCCCCC(=O)NC2CC2)c1. The summed E-state index contributed by atoms with van der Waals surface area (Å²) in [5.74, 6) is 2.01. The number of hydrogen-bond acceptors (Lipinski definition) is 3. The summed E-state index contributed by atoms with van der Waals surface area (Å²) in [6.45, 7) is 7.63. The molecule has 2 rings (SSSR count). The van der Waals surface area contributed by atoms with E-state index in [9.17, 15) is 4.79 Å². The average Bonchev–Trinajstić information content (AvgIpc) is 3.56. The Morgan fingerprint density at radius 3 is 2.35 bits per heavy atom. The van der Waals surface area contributed by atoms with Gasteiger partial charge in [-0.3, -0.25) is 4.79 Å². The van der Waals surface area contributed by atoms with Crippen LogP contribution in [0, 0.1) is 0 Å². The fraction of sp³-hybridized carbons (Fsp3) is 0.741. The highest BCUT2D eigenvalue weighted by Gasteiger charge is 2.23. The molecule has 4 nitrogen and oxygen atoms in total. The molecule has 0 spiro atoms. The number of rotatable bonds is 17. The summed E-state index contributed by atoms with van der Waals surface area (Å²) in [7, 11) is 1.72. The number of methoxy groups -OCH3 is 1. The van der Waals surface area contributed by atoms with Gasteiger partial charge in [-0.1, -0.05) is 65.7 Å². The third-order valence-electron chi connectivity index (χ3n) is 6.31. The molecule has 1 saturated carbocycles. The van der Waals surface area contributed by atoms with Crippen LogP contribution in [0.1, 0.15) is 110 Å². The topological polar surface area (TPSA) is 47.6 Å². The van der Waals surface area contributed by atoms with Crippen LogP contribution in [-0.4, -0.2) is 25.7 Å². The molecule has 176 valence electrons. The number of carbonyl (C=O) groups is 1. The number of ether oxygens (including phenoxy) is 2. The second-order valence-corrected chi connectivity index (χ2v) is 9.80. The molecule has 0 unspecified atom stereocenters. The van der Waals surface area contributed by atoms with Gasteiger partial charge >= 0.3 is 0 Å². The highest BCUT2D eigenvalue weighted by Crippen LogP contribution is 2.35. The summed E-state index contributed by atoms with van der Waals surface area (Å²) in [6.07, 6.45) is 14.8. The van der Waals surface area contributed by atoms with Crippen LogP contribution in [0.15, 0.2) is 18.2 Å². The van der Waals surface area contributed by atoms with Crippen molar-refractivity contribution >= 4 is 5.91 Å². The van der Waals surface area contributed by atoms with Crippen LogP contribution in [-0.2, 0) is 10.2 Å². The number of hydrogen-bond donors (Lipinski definition) is 1. The zero-order chi connectivity index (χ0) is 22.5. The minimum absolute atomic E-state index is 0.117. The van der Waals surface area contributed by atoms with E-state index in [0.29, 0.717) is 12.5 Å². The molecular formula is C27H45NO3. The Bertz CT molecular complexity index is 652. The summed E-state index contributed by atoms with van der Waals surface area (Å²) < 4.78 is 11.6. The van der Waals surface area contributed by atoms with Crippen molar-refractivity contribution in [2.75, 3.05) is 13.7 Å². The van der Waals surface area contributed by atoms with Crippen molar-refractivity contribution < 1.29 is 14.3 Å². The lowest BCUT2D eigenvalue weighted by Gasteiger charge is -2.26. The molecule has 0 aromatic heterocycles. The number of amides is 1. The summed E-state index contributed by atoms with van der Waals surface area (Å²) in [5, 5.41) is 3.06. The highest BCUT2D eigenvalue weighted by molar-refractivity contribution is 5.76. The van der Waals surface area contributed by atoms with Crippen LogP contribution in [0.3, 0.4) is 0 Å². The molecule has 0 heterocycles. The molecule has 31 heavy (non-hydrogen) atoms. The molecule has 4 heteroatoms. The minimum Gasteiger partial charge on any atom is -0.497 e. The van der Waals surface area contributed by atoms with E-state index in [2.05, 4.69) is 38.2 Å². The lowest BCUT2D eigenvalue weighted by Crippen LogP contribution is -2.24. The molecule has 0 saturated heterocycles. The summed E-state index contributed by atoms with van der Waals surface area (Å²) in [4.78, 5) is 11.7. The van der Waals surface area contributed by atoms with Gasteiger partial charge in [0.05, 0.1) is 13.7 Å².